The molecule has 1 fully saturated rings. The molecule has 92 valence electrons. The number of nitrogens with zero attached hydrogens (tertiary/aromatic N) is 1. The fourth-order valence-electron chi connectivity index (χ4n) is 2.05. The number of hydrogen-bond donors (Lipinski definition) is 1. The summed E-state index contributed by atoms with van der Waals surface area (Å²) in [6.07, 6.45) is 1.41. The maximum atomic E-state index is 11.5. The molecule has 0 amide bonds. The van der Waals surface area contributed by atoms with Gasteiger partial charge >= 0.3 is 5.97 Å². The van der Waals surface area contributed by atoms with E-state index in [9.17, 15) is 9.90 Å². The second kappa shape index (κ2) is 5.19. The SMILES string of the molecule is CCOC(=O)c1ccc(N2CCC[C@@H]2O)cc1. The van der Waals surface area contributed by atoms with Gasteiger partial charge in [-0.2, -0.15) is 0 Å². The Labute approximate surface area is 101 Å². The molecule has 1 atom stereocenters. The first-order valence-corrected chi connectivity index (χ1v) is 5.94. The zero-order chi connectivity index (χ0) is 12.3. The van der Waals surface area contributed by atoms with Crippen LogP contribution in [0.1, 0.15) is 30.1 Å². The maximum absolute atomic E-state index is 11.5. The van der Waals surface area contributed by atoms with Gasteiger partial charge in [-0.15, -0.1) is 0 Å². The first-order chi connectivity index (χ1) is 8.22. The van der Waals surface area contributed by atoms with E-state index in [1.807, 2.05) is 17.0 Å². The van der Waals surface area contributed by atoms with Crippen molar-refractivity contribution < 1.29 is 14.6 Å². The highest BCUT2D eigenvalue weighted by Gasteiger charge is 2.22. The van der Waals surface area contributed by atoms with Crippen LogP contribution < -0.4 is 4.90 Å². The molecule has 0 saturated carbocycles. The van der Waals surface area contributed by atoms with Gasteiger partial charge in [0.2, 0.25) is 0 Å². The van der Waals surface area contributed by atoms with Gasteiger partial charge in [0.1, 0.15) is 6.23 Å². The van der Waals surface area contributed by atoms with Gasteiger partial charge in [0.05, 0.1) is 12.2 Å². The van der Waals surface area contributed by atoms with E-state index in [0.29, 0.717) is 12.2 Å². The zero-order valence-electron chi connectivity index (χ0n) is 9.93. The number of anilines is 1. The third kappa shape index (κ3) is 2.58. The number of hydrogen-bond acceptors (Lipinski definition) is 4. The molecule has 1 aliphatic heterocycles. The summed E-state index contributed by atoms with van der Waals surface area (Å²) in [5.74, 6) is -0.305. The molecule has 0 aliphatic carbocycles. The van der Waals surface area contributed by atoms with Gasteiger partial charge in [-0.05, 0) is 44.0 Å². The van der Waals surface area contributed by atoms with Gasteiger partial charge in [0, 0.05) is 12.2 Å². The van der Waals surface area contributed by atoms with E-state index in [1.165, 1.54) is 0 Å². The van der Waals surface area contributed by atoms with E-state index >= 15 is 0 Å². The van der Waals surface area contributed by atoms with Crippen LogP contribution in [0.5, 0.6) is 0 Å². The number of benzene rings is 1. The number of aliphatic hydroxyl groups is 1. The normalized spacial score (nSPS) is 19.4. The van der Waals surface area contributed by atoms with E-state index in [1.54, 1.807) is 19.1 Å². The predicted octanol–water partition coefficient (Wildman–Crippen LogP) is 1.78. The van der Waals surface area contributed by atoms with E-state index in [2.05, 4.69) is 0 Å². The number of esters is 1. The molecule has 4 heteroatoms. The summed E-state index contributed by atoms with van der Waals surface area (Å²) in [6.45, 7) is 3.03. The Morgan fingerprint density at radius 1 is 1.47 bits per heavy atom. The van der Waals surface area contributed by atoms with Crippen molar-refractivity contribution in [1.29, 1.82) is 0 Å². The minimum Gasteiger partial charge on any atom is -0.462 e. The van der Waals surface area contributed by atoms with Crippen LogP contribution in [-0.2, 0) is 4.74 Å². The monoisotopic (exact) mass is 235 g/mol. The van der Waals surface area contributed by atoms with Crippen LogP contribution in [0.15, 0.2) is 24.3 Å². The van der Waals surface area contributed by atoms with Crippen LogP contribution in [0.25, 0.3) is 0 Å². The van der Waals surface area contributed by atoms with E-state index in [0.717, 1.165) is 25.1 Å². The van der Waals surface area contributed by atoms with Gasteiger partial charge in [0.15, 0.2) is 0 Å². The average molecular weight is 235 g/mol. The molecule has 1 aromatic carbocycles. The van der Waals surface area contributed by atoms with Crippen molar-refractivity contribution in [2.24, 2.45) is 0 Å². The van der Waals surface area contributed by atoms with Crippen molar-refractivity contribution in [2.75, 3.05) is 18.1 Å². The minimum absolute atomic E-state index is 0.305. The van der Waals surface area contributed by atoms with Crippen LogP contribution in [0.4, 0.5) is 5.69 Å². The highest BCUT2D eigenvalue weighted by atomic mass is 16.5. The second-order valence-corrected chi connectivity index (χ2v) is 4.08. The standard InChI is InChI=1S/C13H17NO3/c1-2-17-13(16)10-5-7-11(8-6-10)14-9-3-4-12(14)15/h5-8,12,15H,2-4,9H2,1H3/t12-/m0/s1. The molecule has 0 unspecified atom stereocenters. The number of carbonyl (C=O) groups excluding carboxylic acids is 1. The molecule has 1 aliphatic rings. The Bertz CT molecular complexity index is 388. The number of ether oxygens (including phenoxy) is 1. The lowest BCUT2D eigenvalue weighted by molar-refractivity contribution is 0.0526. The Kier molecular flexibility index (Phi) is 3.64. The van der Waals surface area contributed by atoms with Gasteiger partial charge in [0.25, 0.3) is 0 Å². The average Bonchev–Trinajstić information content (AvgIpc) is 2.76. The molecule has 2 rings (SSSR count). The lowest BCUT2D eigenvalue weighted by Gasteiger charge is -2.22. The van der Waals surface area contributed by atoms with Crippen molar-refractivity contribution in [3.63, 3.8) is 0 Å². The van der Waals surface area contributed by atoms with E-state index in [4.69, 9.17) is 4.74 Å². The summed E-state index contributed by atoms with van der Waals surface area (Å²) >= 11 is 0. The van der Waals surface area contributed by atoms with Crippen LogP contribution >= 0.6 is 0 Å². The highest BCUT2D eigenvalue weighted by molar-refractivity contribution is 5.89. The molecule has 0 spiro atoms. The summed E-state index contributed by atoms with van der Waals surface area (Å²) < 4.78 is 4.91. The first-order valence-electron chi connectivity index (χ1n) is 5.94. The van der Waals surface area contributed by atoms with Crippen molar-refractivity contribution in [2.45, 2.75) is 26.0 Å². The Morgan fingerprint density at radius 3 is 2.71 bits per heavy atom. The van der Waals surface area contributed by atoms with E-state index < -0.39 is 6.23 Å². The Balaban J connectivity index is 2.10. The van der Waals surface area contributed by atoms with Gasteiger partial charge in [-0.1, -0.05) is 0 Å². The summed E-state index contributed by atoms with van der Waals surface area (Å²) in [7, 11) is 0. The molecule has 0 aromatic heterocycles. The summed E-state index contributed by atoms with van der Waals surface area (Å²) in [6, 6.07) is 7.16. The fourth-order valence-corrected chi connectivity index (χ4v) is 2.05. The lowest BCUT2D eigenvalue weighted by Crippen LogP contribution is -2.28. The van der Waals surface area contributed by atoms with Gasteiger partial charge in [-0.3, -0.25) is 0 Å². The molecular formula is C13H17NO3. The van der Waals surface area contributed by atoms with Gasteiger partial charge < -0.3 is 14.7 Å². The largest absolute Gasteiger partial charge is 0.462 e. The van der Waals surface area contributed by atoms with Crippen LogP contribution in [0.3, 0.4) is 0 Å². The molecule has 1 heterocycles. The van der Waals surface area contributed by atoms with Crippen molar-refractivity contribution in [3.05, 3.63) is 29.8 Å². The number of rotatable bonds is 3. The molecule has 0 bridgehead atoms. The molecule has 1 saturated heterocycles. The van der Waals surface area contributed by atoms with Gasteiger partial charge in [-0.25, -0.2) is 4.79 Å². The molecule has 17 heavy (non-hydrogen) atoms. The Hall–Kier alpha value is -1.55. The summed E-state index contributed by atoms with van der Waals surface area (Å²) in [5, 5.41) is 9.74. The lowest BCUT2D eigenvalue weighted by atomic mass is 10.2. The van der Waals surface area contributed by atoms with Crippen LogP contribution in [-0.4, -0.2) is 30.5 Å². The van der Waals surface area contributed by atoms with Crippen molar-refractivity contribution in [3.8, 4) is 0 Å². The summed E-state index contributed by atoms with van der Waals surface area (Å²) in [5.41, 5.74) is 1.49. The van der Waals surface area contributed by atoms with Crippen LogP contribution in [0, 0.1) is 0 Å². The Morgan fingerprint density at radius 2 is 2.18 bits per heavy atom. The minimum atomic E-state index is -0.400. The fraction of sp³-hybridized carbons (Fsp3) is 0.462. The van der Waals surface area contributed by atoms with Crippen molar-refractivity contribution in [1.82, 2.24) is 0 Å². The smallest absolute Gasteiger partial charge is 0.338 e. The second-order valence-electron chi connectivity index (χ2n) is 4.08. The molecular weight excluding hydrogens is 218 g/mol. The zero-order valence-corrected chi connectivity index (χ0v) is 9.93. The molecule has 1 N–H and O–H groups in total. The summed E-state index contributed by atoms with van der Waals surface area (Å²) in [4.78, 5) is 13.4. The predicted molar refractivity (Wildman–Crippen MR) is 65.0 cm³/mol. The highest BCUT2D eigenvalue weighted by Crippen LogP contribution is 2.24. The first kappa shape index (κ1) is 11.9. The number of carbonyl (C=O) groups is 1. The third-order valence-electron chi connectivity index (χ3n) is 2.93. The van der Waals surface area contributed by atoms with E-state index in [-0.39, 0.29) is 5.97 Å². The van der Waals surface area contributed by atoms with Crippen molar-refractivity contribution >= 4 is 11.7 Å². The molecule has 4 nitrogen and oxygen atoms in total. The maximum Gasteiger partial charge on any atom is 0.338 e. The topological polar surface area (TPSA) is 49.8 Å². The number of aliphatic hydroxyl groups excluding tert-OH is 1. The van der Waals surface area contributed by atoms with Crippen LogP contribution in [0.2, 0.25) is 0 Å². The quantitative estimate of drug-likeness (QED) is 0.811. The molecule has 0 radical (unpaired) electrons. The molecule has 1 aromatic rings. The third-order valence-corrected chi connectivity index (χ3v) is 2.93.